The lowest BCUT2D eigenvalue weighted by atomic mass is 9.97. The Hall–Kier alpha value is -3.35. The number of hydrogen-bond donors (Lipinski definition) is 3. The minimum absolute atomic E-state index is 0.00521. The van der Waals surface area contributed by atoms with Crippen molar-refractivity contribution in [2.45, 2.75) is 32.6 Å². The third-order valence-electron chi connectivity index (χ3n) is 6.74. The zero-order valence-corrected chi connectivity index (χ0v) is 19.6. The summed E-state index contributed by atoms with van der Waals surface area (Å²) in [6, 6.07) is 16.4. The fourth-order valence-electron chi connectivity index (χ4n) is 4.85. The lowest BCUT2D eigenvalue weighted by Gasteiger charge is -2.15. The van der Waals surface area contributed by atoms with Gasteiger partial charge in [-0.25, -0.2) is 4.79 Å². The van der Waals surface area contributed by atoms with Crippen LogP contribution in [-0.4, -0.2) is 42.8 Å². The number of benzene rings is 2. The van der Waals surface area contributed by atoms with E-state index >= 15 is 0 Å². The lowest BCUT2D eigenvalue weighted by Crippen LogP contribution is -2.35. The van der Waals surface area contributed by atoms with Crippen LogP contribution in [0.2, 0.25) is 0 Å². The van der Waals surface area contributed by atoms with Crippen LogP contribution in [0.3, 0.4) is 0 Å². The van der Waals surface area contributed by atoms with E-state index in [4.69, 9.17) is 4.74 Å². The predicted molar refractivity (Wildman–Crippen MR) is 128 cm³/mol. The van der Waals surface area contributed by atoms with Gasteiger partial charge < -0.3 is 20.5 Å². The van der Waals surface area contributed by atoms with Gasteiger partial charge in [-0.1, -0.05) is 62.4 Å². The molecule has 3 unspecified atom stereocenters. The summed E-state index contributed by atoms with van der Waals surface area (Å²) in [4.78, 5) is 36.0. The van der Waals surface area contributed by atoms with Gasteiger partial charge in [0, 0.05) is 24.9 Å². The molecule has 180 valence electrons. The van der Waals surface area contributed by atoms with Gasteiger partial charge in [-0.15, -0.1) is 0 Å². The number of carbonyl (C=O) groups is 3. The number of ether oxygens (including phenoxy) is 1. The SMILES string of the molecule is CC(C)CC(CNC(=O)C1CC1CNC(=O)OCC1c2ccccc2-c2ccccc21)C(=O)O. The van der Waals surface area contributed by atoms with Gasteiger partial charge in [0.2, 0.25) is 5.91 Å². The fraction of sp³-hybridized carbons (Fsp3) is 0.444. The normalized spacial score (nSPS) is 19.1. The summed E-state index contributed by atoms with van der Waals surface area (Å²) in [5.41, 5.74) is 4.68. The van der Waals surface area contributed by atoms with Gasteiger partial charge in [-0.3, -0.25) is 9.59 Å². The first kappa shape index (κ1) is 23.8. The first-order valence-corrected chi connectivity index (χ1v) is 11.9. The molecule has 1 saturated carbocycles. The topological polar surface area (TPSA) is 105 Å². The molecule has 2 aliphatic carbocycles. The smallest absolute Gasteiger partial charge is 0.407 e. The molecule has 2 amide bonds. The number of rotatable bonds is 10. The van der Waals surface area contributed by atoms with Crippen molar-refractivity contribution in [3.05, 3.63) is 59.7 Å². The lowest BCUT2D eigenvalue weighted by molar-refractivity contribution is -0.142. The van der Waals surface area contributed by atoms with E-state index in [1.165, 1.54) is 11.1 Å². The van der Waals surface area contributed by atoms with Crippen LogP contribution in [0.5, 0.6) is 0 Å². The second kappa shape index (κ2) is 10.3. The molecular formula is C27H32N2O5. The summed E-state index contributed by atoms with van der Waals surface area (Å²) >= 11 is 0. The van der Waals surface area contributed by atoms with Crippen molar-refractivity contribution in [3.8, 4) is 11.1 Å². The standard InChI is InChI=1S/C27H32N2O5/c1-16(2)11-18(26(31)32)14-28-25(30)23-12-17(23)13-29-27(33)34-15-24-21-9-5-3-7-19(21)20-8-4-6-10-22(20)24/h3-10,16-18,23-24H,11-15H2,1-2H3,(H,28,30)(H,29,33)(H,31,32). The number of hydrogen-bond acceptors (Lipinski definition) is 4. The van der Waals surface area contributed by atoms with Crippen molar-refractivity contribution in [3.63, 3.8) is 0 Å². The Morgan fingerprint density at radius 1 is 1.00 bits per heavy atom. The van der Waals surface area contributed by atoms with E-state index in [0.717, 1.165) is 11.1 Å². The number of alkyl carbamates (subject to hydrolysis) is 1. The van der Waals surface area contributed by atoms with Gasteiger partial charge in [0.1, 0.15) is 6.61 Å². The van der Waals surface area contributed by atoms with Crippen molar-refractivity contribution in [1.82, 2.24) is 10.6 Å². The highest BCUT2D eigenvalue weighted by molar-refractivity contribution is 5.82. The van der Waals surface area contributed by atoms with Crippen molar-refractivity contribution in [1.29, 1.82) is 0 Å². The monoisotopic (exact) mass is 464 g/mol. The molecule has 3 N–H and O–H groups in total. The first-order chi connectivity index (χ1) is 16.3. The Bertz CT molecular complexity index is 1020. The zero-order valence-electron chi connectivity index (χ0n) is 19.6. The molecule has 34 heavy (non-hydrogen) atoms. The molecule has 0 heterocycles. The van der Waals surface area contributed by atoms with Crippen LogP contribution in [0.15, 0.2) is 48.5 Å². The molecule has 0 aliphatic heterocycles. The van der Waals surface area contributed by atoms with E-state index in [-0.39, 0.29) is 42.7 Å². The highest BCUT2D eigenvalue weighted by Gasteiger charge is 2.43. The quantitative estimate of drug-likeness (QED) is 0.493. The molecule has 7 nitrogen and oxygen atoms in total. The molecule has 0 saturated heterocycles. The summed E-state index contributed by atoms with van der Waals surface area (Å²) in [6.45, 7) is 4.67. The van der Waals surface area contributed by atoms with Crippen LogP contribution in [0.1, 0.15) is 43.7 Å². The Kier molecular flexibility index (Phi) is 7.20. The average Bonchev–Trinajstić information content (AvgIpc) is 3.53. The highest BCUT2D eigenvalue weighted by Crippen LogP contribution is 2.44. The number of carboxylic acids is 1. The Balaban J connectivity index is 1.21. The number of amides is 2. The highest BCUT2D eigenvalue weighted by atomic mass is 16.5. The van der Waals surface area contributed by atoms with Crippen molar-refractivity contribution < 1.29 is 24.2 Å². The van der Waals surface area contributed by atoms with Crippen LogP contribution in [-0.2, 0) is 14.3 Å². The summed E-state index contributed by atoms with van der Waals surface area (Å²) < 4.78 is 5.54. The fourth-order valence-corrected chi connectivity index (χ4v) is 4.85. The van der Waals surface area contributed by atoms with Gasteiger partial charge >= 0.3 is 12.1 Å². The van der Waals surface area contributed by atoms with Crippen molar-refractivity contribution in [2.24, 2.45) is 23.7 Å². The largest absolute Gasteiger partial charge is 0.481 e. The van der Waals surface area contributed by atoms with E-state index in [1.807, 2.05) is 38.1 Å². The summed E-state index contributed by atoms with van der Waals surface area (Å²) in [6.07, 6.45) is 0.709. The number of aliphatic carboxylic acids is 1. The molecule has 2 aromatic carbocycles. The van der Waals surface area contributed by atoms with E-state index < -0.39 is 18.0 Å². The van der Waals surface area contributed by atoms with Gasteiger partial charge in [-0.05, 0) is 46.9 Å². The third kappa shape index (κ3) is 5.41. The molecule has 0 aromatic heterocycles. The Labute approximate surface area is 199 Å². The van der Waals surface area contributed by atoms with E-state index in [9.17, 15) is 19.5 Å². The van der Waals surface area contributed by atoms with Crippen molar-refractivity contribution >= 4 is 18.0 Å². The zero-order chi connectivity index (χ0) is 24.2. The maximum atomic E-state index is 12.4. The maximum Gasteiger partial charge on any atom is 0.407 e. The third-order valence-corrected chi connectivity index (χ3v) is 6.74. The molecule has 0 bridgehead atoms. The van der Waals surface area contributed by atoms with E-state index in [2.05, 4.69) is 34.9 Å². The van der Waals surface area contributed by atoms with Crippen molar-refractivity contribution in [2.75, 3.05) is 19.7 Å². The molecule has 2 aliphatic rings. The number of nitrogens with one attached hydrogen (secondary N) is 2. The molecule has 0 spiro atoms. The Morgan fingerprint density at radius 2 is 1.62 bits per heavy atom. The Morgan fingerprint density at radius 3 is 2.21 bits per heavy atom. The van der Waals surface area contributed by atoms with Crippen LogP contribution >= 0.6 is 0 Å². The predicted octanol–water partition coefficient (Wildman–Crippen LogP) is 4.02. The average molecular weight is 465 g/mol. The van der Waals surface area contributed by atoms with Crippen LogP contribution in [0.25, 0.3) is 11.1 Å². The second-order valence-electron chi connectivity index (χ2n) is 9.72. The molecular weight excluding hydrogens is 432 g/mol. The molecule has 3 atom stereocenters. The summed E-state index contributed by atoms with van der Waals surface area (Å²) in [7, 11) is 0. The minimum atomic E-state index is -0.890. The van der Waals surface area contributed by atoms with Crippen LogP contribution < -0.4 is 10.6 Å². The molecule has 4 rings (SSSR count). The summed E-state index contributed by atoms with van der Waals surface area (Å²) in [5.74, 6) is -1.51. The van der Waals surface area contributed by atoms with Gasteiger partial charge in [0.25, 0.3) is 0 Å². The van der Waals surface area contributed by atoms with Crippen LogP contribution in [0.4, 0.5) is 4.79 Å². The molecule has 2 aromatic rings. The molecule has 7 heteroatoms. The summed E-state index contributed by atoms with van der Waals surface area (Å²) in [5, 5.41) is 14.9. The maximum absolute atomic E-state index is 12.4. The number of fused-ring (bicyclic) bond motifs is 3. The van der Waals surface area contributed by atoms with E-state index in [0.29, 0.717) is 19.4 Å². The first-order valence-electron chi connectivity index (χ1n) is 11.9. The van der Waals surface area contributed by atoms with Gasteiger partial charge in [0.05, 0.1) is 5.92 Å². The molecule has 1 fully saturated rings. The van der Waals surface area contributed by atoms with Gasteiger partial charge in [-0.2, -0.15) is 0 Å². The van der Waals surface area contributed by atoms with E-state index in [1.54, 1.807) is 0 Å². The van der Waals surface area contributed by atoms with Crippen LogP contribution in [0, 0.1) is 23.7 Å². The minimum Gasteiger partial charge on any atom is -0.481 e. The number of carboxylic acid groups (broad SMARTS) is 1. The molecule has 0 radical (unpaired) electrons. The van der Waals surface area contributed by atoms with Gasteiger partial charge in [0.15, 0.2) is 0 Å². The number of carbonyl (C=O) groups excluding carboxylic acids is 2. The second-order valence-corrected chi connectivity index (χ2v) is 9.72.